The Kier molecular flexibility index (Phi) is 8.13. The molecule has 0 spiro atoms. The van der Waals surface area contributed by atoms with E-state index in [2.05, 4.69) is 15.6 Å². The van der Waals surface area contributed by atoms with Crippen molar-refractivity contribution in [2.75, 3.05) is 19.1 Å². The van der Waals surface area contributed by atoms with E-state index in [1.54, 1.807) is 24.3 Å². The zero-order chi connectivity index (χ0) is 28.2. The summed E-state index contributed by atoms with van der Waals surface area (Å²) in [5.74, 6) is -0.466. The molecule has 1 atom stereocenters. The molecule has 0 radical (unpaired) electrons. The maximum Gasteiger partial charge on any atom is 0.249 e. The van der Waals surface area contributed by atoms with Crippen LogP contribution in [0.15, 0.2) is 66.7 Å². The van der Waals surface area contributed by atoms with Crippen LogP contribution < -0.4 is 19.7 Å². The van der Waals surface area contributed by atoms with Crippen molar-refractivity contribution in [2.24, 2.45) is 0 Å². The number of nitrogens with zero attached hydrogens (tertiary/aromatic N) is 4. The number of benzene rings is 3. The summed E-state index contributed by atoms with van der Waals surface area (Å²) in [6, 6.07) is 16.6. The first-order valence-corrected chi connectivity index (χ1v) is 12.6. The first-order valence-electron chi connectivity index (χ1n) is 12.6. The van der Waals surface area contributed by atoms with Crippen molar-refractivity contribution in [1.82, 2.24) is 20.3 Å². The lowest BCUT2D eigenvalue weighted by atomic mass is 9.97. The lowest BCUT2D eigenvalue weighted by Crippen LogP contribution is -2.51. The molecule has 0 aliphatic carbocycles. The molecule has 39 heavy (non-hydrogen) atoms. The SMILES string of the molecule is CCC(C)(C)NC(=O)C(c1ccc(OC)cc1OC)N(C(=O)Cn1nnc2ccccc21)c1ccc(F)cc1. The number of methoxy groups -OCH3 is 2. The van der Waals surface area contributed by atoms with E-state index in [1.807, 2.05) is 39.0 Å². The summed E-state index contributed by atoms with van der Waals surface area (Å²) < 4.78 is 26.4. The van der Waals surface area contributed by atoms with Gasteiger partial charge in [0, 0.05) is 22.9 Å². The van der Waals surface area contributed by atoms with Gasteiger partial charge in [0.2, 0.25) is 11.8 Å². The van der Waals surface area contributed by atoms with Crippen LogP contribution in [0, 0.1) is 5.82 Å². The van der Waals surface area contributed by atoms with Crippen molar-refractivity contribution >= 4 is 28.5 Å². The number of carbonyl (C=O) groups excluding carboxylic acids is 2. The largest absolute Gasteiger partial charge is 0.497 e. The first-order chi connectivity index (χ1) is 18.7. The van der Waals surface area contributed by atoms with Gasteiger partial charge in [-0.25, -0.2) is 9.07 Å². The van der Waals surface area contributed by atoms with Gasteiger partial charge in [-0.2, -0.15) is 0 Å². The van der Waals surface area contributed by atoms with E-state index in [4.69, 9.17) is 9.47 Å². The van der Waals surface area contributed by atoms with E-state index in [9.17, 15) is 14.0 Å². The molecule has 10 heteroatoms. The van der Waals surface area contributed by atoms with E-state index < -0.39 is 29.2 Å². The van der Waals surface area contributed by atoms with Crippen molar-refractivity contribution in [2.45, 2.75) is 45.3 Å². The standard InChI is InChI=1S/C29H32FN5O4/c1-6-29(2,3)31-28(37)27(22-16-15-21(38-4)17-25(22)39-5)35(20-13-11-19(30)12-14-20)26(36)18-34-24-10-8-7-9-23(24)32-33-34/h7-17,27H,6,18H2,1-5H3,(H,31,37). The van der Waals surface area contributed by atoms with Crippen molar-refractivity contribution < 1.29 is 23.5 Å². The van der Waals surface area contributed by atoms with Crippen LogP contribution in [0.3, 0.4) is 0 Å². The fourth-order valence-corrected chi connectivity index (χ4v) is 4.21. The lowest BCUT2D eigenvalue weighted by Gasteiger charge is -2.35. The summed E-state index contributed by atoms with van der Waals surface area (Å²) >= 11 is 0. The van der Waals surface area contributed by atoms with Crippen LogP contribution in [0.2, 0.25) is 0 Å². The molecule has 4 rings (SSSR count). The van der Waals surface area contributed by atoms with E-state index in [-0.39, 0.29) is 6.54 Å². The Morgan fingerprint density at radius 1 is 1.05 bits per heavy atom. The normalized spacial score (nSPS) is 12.2. The molecule has 0 aliphatic rings. The Bertz CT molecular complexity index is 1470. The van der Waals surface area contributed by atoms with Gasteiger partial charge in [0.1, 0.15) is 35.4 Å². The first kappa shape index (κ1) is 27.6. The van der Waals surface area contributed by atoms with Gasteiger partial charge >= 0.3 is 0 Å². The molecule has 3 aromatic carbocycles. The van der Waals surface area contributed by atoms with Gasteiger partial charge in [-0.3, -0.25) is 14.5 Å². The van der Waals surface area contributed by atoms with Crippen LogP contribution in [0.4, 0.5) is 10.1 Å². The number of carbonyl (C=O) groups is 2. The number of hydrogen-bond acceptors (Lipinski definition) is 6. The molecule has 1 heterocycles. The van der Waals surface area contributed by atoms with E-state index in [1.165, 1.54) is 48.1 Å². The molecule has 0 saturated heterocycles. The summed E-state index contributed by atoms with van der Waals surface area (Å²) in [6.07, 6.45) is 0.653. The van der Waals surface area contributed by atoms with E-state index in [0.29, 0.717) is 40.2 Å². The minimum Gasteiger partial charge on any atom is -0.497 e. The highest BCUT2D eigenvalue weighted by Gasteiger charge is 2.37. The fraction of sp³-hybridized carbons (Fsp3) is 0.310. The highest BCUT2D eigenvalue weighted by molar-refractivity contribution is 6.02. The zero-order valence-electron chi connectivity index (χ0n) is 22.6. The molecular weight excluding hydrogens is 501 g/mol. The molecule has 4 aromatic rings. The number of nitrogens with one attached hydrogen (secondary N) is 1. The number of fused-ring (bicyclic) bond motifs is 1. The Morgan fingerprint density at radius 2 is 1.77 bits per heavy atom. The minimum absolute atomic E-state index is 0.211. The molecule has 9 nitrogen and oxygen atoms in total. The second-order valence-electron chi connectivity index (χ2n) is 9.71. The fourth-order valence-electron chi connectivity index (χ4n) is 4.21. The summed E-state index contributed by atoms with van der Waals surface area (Å²) in [5, 5.41) is 11.3. The smallest absolute Gasteiger partial charge is 0.249 e. The number of ether oxygens (including phenoxy) is 2. The van der Waals surface area contributed by atoms with Crippen molar-refractivity contribution in [3.63, 3.8) is 0 Å². The number of anilines is 1. The van der Waals surface area contributed by atoms with Crippen LogP contribution in [-0.4, -0.2) is 46.6 Å². The molecule has 1 aromatic heterocycles. The number of para-hydroxylation sites is 1. The summed E-state index contributed by atoms with van der Waals surface area (Å²) in [7, 11) is 3.01. The summed E-state index contributed by atoms with van der Waals surface area (Å²) in [6.45, 7) is 5.55. The second-order valence-corrected chi connectivity index (χ2v) is 9.71. The summed E-state index contributed by atoms with van der Waals surface area (Å²) in [4.78, 5) is 29.5. The van der Waals surface area contributed by atoms with Gasteiger partial charge in [-0.15, -0.1) is 5.10 Å². The van der Waals surface area contributed by atoms with Crippen LogP contribution in [0.1, 0.15) is 38.8 Å². The van der Waals surface area contributed by atoms with Crippen LogP contribution in [0.25, 0.3) is 11.0 Å². The molecule has 0 bridgehead atoms. The zero-order valence-corrected chi connectivity index (χ0v) is 22.6. The molecule has 1 unspecified atom stereocenters. The second kappa shape index (κ2) is 11.5. The Balaban J connectivity index is 1.87. The summed E-state index contributed by atoms with van der Waals surface area (Å²) in [5.41, 5.74) is 1.51. The van der Waals surface area contributed by atoms with Crippen LogP contribution in [0.5, 0.6) is 11.5 Å². The van der Waals surface area contributed by atoms with Crippen LogP contribution in [-0.2, 0) is 16.1 Å². The monoisotopic (exact) mass is 533 g/mol. The third kappa shape index (κ3) is 6.00. The molecule has 1 N–H and O–H groups in total. The van der Waals surface area contributed by atoms with Gasteiger partial charge in [-0.1, -0.05) is 24.3 Å². The van der Waals surface area contributed by atoms with Gasteiger partial charge < -0.3 is 14.8 Å². The number of amides is 2. The minimum atomic E-state index is -1.16. The Labute approximate surface area is 226 Å². The highest BCUT2D eigenvalue weighted by atomic mass is 19.1. The number of aromatic nitrogens is 3. The van der Waals surface area contributed by atoms with Crippen LogP contribution >= 0.6 is 0 Å². The maximum atomic E-state index is 14.1. The molecular formula is C29H32FN5O4. The molecule has 2 amide bonds. The Hall–Kier alpha value is -4.47. The molecule has 0 saturated carbocycles. The maximum absolute atomic E-state index is 14.1. The predicted molar refractivity (Wildman–Crippen MR) is 146 cm³/mol. The van der Waals surface area contributed by atoms with E-state index in [0.717, 1.165) is 0 Å². The topological polar surface area (TPSA) is 98.6 Å². The quantitative estimate of drug-likeness (QED) is 0.318. The van der Waals surface area contributed by atoms with Gasteiger partial charge in [-0.05, 0) is 68.8 Å². The predicted octanol–water partition coefficient (Wildman–Crippen LogP) is 4.67. The van der Waals surface area contributed by atoms with Gasteiger partial charge in [0.05, 0.1) is 19.7 Å². The van der Waals surface area contributed by atoms with E-state index >= 15 is 0 Å². The highest BCUT2D eigenvalue weighted by Crippen LogP contribution is 2.36. The van der Waals surface area contributed by atoms with Crippen molar-refractivity contribution in [3.8, 4) is 11.5 Å². The van der Waals surface area contributed by atoms with Gasteiger partial charge in [0.25, 0.3) is 0 Å². The number of hydrogen-bond donors (Lipinski definition) is 1. The number of halogens is 1. The molecule has 204 valence electrons. The molecule has 0 aliphatic heterocycles. The Morgan fingerprint density at radius 3 is 2.44 bits per heavy atom. The molecule has 0 fully saturated rings. The average Bonchev–Trinajstić information content (AvgIpc) is 3.34. The number of rotatable bonds is 10. The van der Waals surface area contributed by atoms with Crippen molar-refractivity contribution in [1.29, 1.82) is 0 Å². The lowest BCUT2D eigenvalue weighted by molar-refractivity contribution is -0.128. The van der Waals surface area contributed by atoms with Gasteiger partial charge in [0.15, 0.2) is 0 Å². The third-order valence-electron chi connectivity index (χ3n) is 6.67. The average molecular weight is 534 g/mol. The van der Waals surface area contributed by atoms with Crippen molar-refractivity contribution in [3.05, 3.63) is 78.1 Å². The third-order valence-corrected chi connectivity index (χ3v) is 6.67.